The normalized spacial score (nSPS) is 7.88. The maximum Gasteiger partial charge on any atom is 2.00 e. The average molecular weight is 430 g/mol. The van der Waals surface area contributed by atoms with Crippen molar-refractivity contribution in [2.24, 2.45) is 11.5 Å². The number of carboxylic acids is 2. The van der Waals surface area contributed by atoms with Gasteiger partial charge in [-0.1, -0.05) is 12.8 Å². The first-order valence-corrected chi connectivity index (χ1v) is 4.84. The molecular formula is C9H21N3O4Pt. The SMILES string of the molecule is N.NCCCCCCN.O=C([O-])CC(=O)[O-].[Pt+2]. The number of rotatable bonds is 7. The van der Waals surface area contributed by atoms with Gasteiger partial charge in [0.15, 0.2) is 0 Å². The molecule has 17 heavy (non-hydrogen) atoms. The molecule has 0 rings (SSSR count). The number of nitrogens with two attached hydrogens (primary N) is 2. The van der Waals surface area contributed by atoms with E-state index in [2.05, 4.69) is 0 Å². The molecule has 0 heterocycles. The molecule has 0 spiro atoms. The van der Waals surface area contributed by atoms with Crippen LogP contribution in [0.3, 0.4) is 0 Å². The minimum atomic E-state index is -1.63. The molecule has 0 saturated heterocycles. The number of carbonyl (C=O) groups excluding carboxylic acids is 2. The van der Waals surface area contributed by atoms with Gasteiger partial charge in [-0.05, 0) is 25.9 Å². The fraction of sp³-hybridized carbons (Fsp3) is 0.778. The molecule has 0 aromatic heterocycles. The number of hydrogen-bond acceptors (Lipinski definition) is 7. The Kier molecular flexibility index (Phi) is 31.1. The van der Waals surface area contributed by atoms with E-state index >= 15 is 0 Å². The van der Waals surface area contributed by atoms with Crippen LogP contribution in [0.1, 0.15) is 32.1 Å². The Bertz CT molecular complexity index is 164. The van der Waals surface area contributed by atoms with E-state index in [1.54, 1.807) is 0 Å². The van der Waals surface area contributed by atoms with Crippen LogP contribution in [0.15, 0.2) is 0 Å². The molecule has 0 aliphatic heterocycles. The predicted molar refractivity (Wildman–Crippen MR) is 56.2 cm³/mol. The van der Waals surface area contributed by atoms with Gasteiger partial charge < -0.3 is 37.4 Å². The fourth-order valence-electron chi connectivity index (χ4n) is 0.760. The molecule has 0 aromatic carbocycles. The van der Waals surface area contributed by atoms with Crippen molar-refractivity contribution in [1.29, 1.82) is 0 Å². The van der Waals surface area contributed by atoms with Crippen molar-refractivity contribution in [3.05, 3.63) is 0 Å². The Labute approximate surface area is 116 Å². The molecule has 0 bridgehead atoms. The first kappa shape index (κ1) is 25.4. The van der Waals surface area contributed by atoms with Crippen molar-refractivity contribution in [3.8, 4) is 0 Å². The summed E-state index contributed by atoms with van der Waals surface area (Å²) in [5, 5.41) is 18.6. The Balaban J connectivity index is -0.0000000896. The van der Waals surface area contributed by atoms with Gasteiger partial charge in [0.25, 0.3) is 0 Å². The van der Waals surface area contributed by atoms with Crippen LogP contribution in [0.4, 0.5) is 0 Å². The summed E-state index contributed by atoms with van der Waals surface area (Å²) < 4.78 is 0. The van der Waals surface area contributed by atoms with Crippen molar-refractivity contribution in [3.63, 3.8) is 0 Å². The third kappa shape index (κ3) is 39.1. The molecule has 0 fully saturated rings. The van der Waals surface area contributed by atoms with E-state index in [1.165, 1.54) is 12.8 Å². The standard InChI is InChI=1S/C6H16N2.C3H4O4.H3N.Pt/c7-5-3-1-2-4-6-8;4-2(5)1-3(6)7;;/h1-8H2;1H2,(H,4,5)(H,6,7);1H3;/q;;;+2/p-2. The van der Waals surface area contributed by atoms with E-state index in [0.717, 1.165) is 25.9 Å². The second-order valence-corrected chi connectivity index (χ2v) is 2.91. The van der Waals surface area contributed by atoms with Crippen molar-refractivity contribution in [2.45, 2.75) is 32.1 Å². The summed E-state index contributed by atoms with van der Waals surface area (Å²) in [6.07, 6.45) is 3.77. The van der Waals surface area contributed by atoms with Crippen LogP contribution < -0.4 is 27.8 Å². The van der Waals surface area contributed by atoms with E-state index < -0.39 is 18.4 Å². The number of carbonyl (C=O) groups is 2. The van der Waals surface area contributed by atoms with Gasteiger partial charge in [0.05, 0.1) is 0 Å². The molecule has 106 valence electrons. The molecule has 0 atom stereocenters. The summed E-state index contributed by atoms with van der Waals surface area (Å²) in [5.74, 6) is -3.25. The average Bonchev–Trinajstić information content (AvgIpc) is 2.11. The zero-order valence-electron chi connectivity index (χ0n) is 9.76. The Morgan fingerprint density at radius 1 is 0.824 bits per heavy atom. The third-order valence-electron chi connectivity index (χ3n) is 1.45. The molecule has 0 aliphatic carbocycles. The molecule has 0 radical (unpaired) electrons. The largest absolute Gasteiger partial charge is 2.00 e. The van der Waals surface area contributed by atoms with Gasteiger partial charge in [0, 0.05) is 18.4 Å². The minimum Gasteiger partial charge on any atom is -0.550 e. The van der Waals surface area contributed by atoms with Crippen molar-refractivity contribution >= 4 is 11.9 Å². The number of carboxylic acid groups (broad SMARTS) is 2. The zero-order valence-corrected chi connectivity index (χ0v) is 12.0. The first-order chi connectivity index (χ1) is 7.04. The molecule has 0 unspecified atom stereocenters. The fourth-order valence-corrected chi connectivity index (χ4v) is 0.760. The maximum atomic E-state index is 9.28. The van der Waals surface area contributed by atoms with Gasteiger partial charge in [-0.3, -0.25) is 0 Å². The smallest absolute Gasteiger partial charge is 0.550 e. The summed E-state index contributed by atoms with van der Waals surface area (Å²) in [7, 11) is 0. The van der Waals surface area contributed by atoms with Gasteiger partial charge in [-0.2, -0.15) is 0 Å². The second kappa shape index (κ2) is 20.9. The van der Waals surface area contributed by atoms with E-state index in [-0.39, 0.29) is 27.2 Å². The number of aliphatic carboxylic acids is 2. The summed E-state index contributed by atoms with van der Waals surface area (Å²) in [4.78, 5) is 18.6. The van der Waals surface area contributed by atoms with Crippen LogP contribution in [0.2, 0.25) is 0 Å². The second-order valence-electron chi connectivity index (χ2n) is 2.91. The molecule has 7 nitrogen and oxygen atoms in total. The monoisotopic (exact) mass is 430 g/mol. The summed E-state index contributed by atoms with van der Waals surface area (Å²) >= 11 is 0. The van der Waals surface area contributed by atoms with Crippen LogP contribution in [0, 0.1) is 0 Å². The molecule has 7 N–H and O–H groups in total. The van der Waals surface area contributed by atoms with E-state index in [4.69, 9.17) is 11.5 Å². The molecule has 8 heteroatoms. The summed E-state index contributed by atoms with van der Waals surface area (Å²) in [5.41, 5.74) is 10.6. The van der Waals surface area contributed by atoms with Crippen LogP contribution in [0.5, 0.6) is 0 Å². The molecule has 0 saturated carbocycles. The number of unbranched alkanes of at least 4 members (excludes halogenated alkanes) is 3. The van der Waals surface area contributed by atoms with Crippen LogP contribution in [-0.4, -0.2) is 25.0 Å². The van der Waals surface area contributed by atoms with Crippen LogP contribution in [-0.2, 0) is 30.7 Å². The van der Waals surface area contributed by atoms with E-state index in [0.29, 0.717) is 0 Å². The van der Waals surface area contributed by atoms with E-state index in [9.17, 15) is 19.8 Å². The van der Waals surface area contributed by atoms with Gasteiger partial charge in [0.2, 0.25) is 0 Å². The molecule has 0 amide bonds. The number of hydrogen-bond donors (Lipinski definition) is 3. The van der Waals surface area contributed by atoms with Crippen molar-refractivity contribution in [1.82, 2.24) is 6.15 Å². The maximum absolute atomic E-state index is 9.28. The van der Waals surface area contributed by atoms with Crippen molar-refractivity contribution < 1.29 is 40.9 Å². The van der Waals surface area contributed by atoms with Crippen LogP contribution in [0.25, 0.3) is 0 Å². The molecule has 0 aliphatic rings. The minimum absolute atomic E-state index is 0. The molecule has 0 aromatic rings. The van der Waals surface area contributed by atoms with Crippen LogP contribution >= 0.6 is 0 Å². The van der Waals surface area contributed by atoms with Gasteiger partial charge >= 0.3 is 21.1 Å². The van der Waals surface area contributed by atoms with E-state index in [1.807, 2.05) is 0 Å². The van der Waals surface area contributed by atoms with Gasteiger partial charge in [-0.25, -0.2) is 0 Å². The first-order valence-electron chi connectivity index (χ1n) is 4.84. The third-order valence-corrected chi connectivity index (χ3v) is 1.45. The zero-order chi connectivity index (χ0) is 12.1. The Morgan fingerprint density at radius 3 is 1.24 bits per heavy atom. The van der Waals surface area contributed by atoms with Gasteiger partial charge in [-0.15, -0.1) is 0 Å². The summed E-state index contributed by atoms with van der Waals surface area (Å²) in [6.45, 7) is 1.65. The molecular weight excluding hydrogens is 409 g/mol. The quantitative estimate of drug-likeness (QED) is 0.296. The summed E-state index contributed by atoms with van der Waals surface area (Å²) in [6, 6.07) is 0. The Hall–Kier alpha value is -0.492. The van der Waals surface area contributed by atoms with Crippen molar-refractivity contribution in [2.75, 3.05) is 13.1 Å². The predicted octanol–water partition coefficient (Wildman–Crippen LogP) is -2.50. The Morgan fingerprint density at radius 2 is 1.12 bits per heavy atom. The van der Waals surface area contributed by atoms with Gasteiger partial charge in [0.1, 0.15) is 0 Å². The topological polar surface area (TPSA) is 167 Å².